The van der Waals surface area contributed by atoms with Gasteiger partial charge in [0.15, 0.2) is 0 Å². The third-order valence-corrected chi connectivity index (χ3v) is 11.6. The minimum Gasteiger partial charge on any atom is -0.376 e. The molecule has 1 amide bonds. The molecular formula is C32H45ClFN5O4S. The van der Waals surface area contributed by atoms with Crippen LogP contribution in [-0.2, 0) is 26.0 Å². The number of pyridine rings is 1. The molecule has 9 nitrogen and oxygen atoms in total. The lowest BCUT2D eigenvalue weighted by Crippen LogP contribution is -2.57. The number of aromatic nitrogens is 1. The van der Waals surface area contributed by atoms with Crippen LogP contribution in [0.1, 0.15) is 75.8 Å². The van der Waals surface area contributed by atoms with Crippen molar-refractivity contribution in [1.82, 2.24) is 14.6 Å². The van der Waals surface area contributed by atoms with Crippen LogP contribution in [0.4, 0.5) is 10.1 Å². The molecule has 1 aliphatic carbocycles. The number of anilines is 1. The molecule has 2 unspecified atom stereocenters. The monoisotopic (exact) mass is 649 g/mol. The summed E-state index contributed by atoms with van der Waals surface area (Å²) >= 11 is 6.18. The van der Waals surface area contributed by atoms with Crippen molar-refractivity contribution in [2.75, 3.05) is 24.2 Å². The lowest BCUT2D eigenvalue weighted by molar-refractivity contribution is -0.118. The number of ether oxygens (including phenoxy) is 1. The van der Waals surface area contributed by atoms with Crippen molar-refractivity contribution in [1.29, 1.82) is 0 Å². The summed E-state index contributed by atoms with van der Waals surface area (Å²) in [5.74, 6) is -0.948. The normalized spacial score (nSPS) is 28.2. The molecule has 1 saturated carbocycles. The van der Waals surface area contributed by atoms with Crippen molar-refractivity contribution in [2.24, 2.45) is 11.7 Å². The predicted octanol–water partition coefficient (Wildman–Crippen LogP) is 4.61. The van der Waals surface area contributed by atoms with E-state index in [1.807, 2.05) is 38.1 Å². The molecule has 3 aliphatic rings. The van der Waals surface area contributed by atoms with E-state index in [-0.39, 0.29) is 54.0 Å². The van der Waals surface area contributed by atoms with E-state index in [2.05, 4.69) is 15.6 Å². The van der Waals surface area contributed by atoms with E-state index in [0.717, 1.165) is 43.9 Å². The average Bonchev–Trinajstić information content (AvgIpc) is 3.10. The third-order valence-electron chi connectivity index (χ3n) is 9.39. The van der Waals surface area contributed by atoms with Gasteiger partial charge in [0.2, 0.25) is 15.9 Å². The van der Waals surface area contributed by atoms with Crippen molar-refractivity contribution >= 4 is 33.2 Å². The van der Waals surface area contributed by atoms with Gasteiger partial charge in [0.1, 0.15) is 5.82 Å². The summed E-state index contributed by atoms with van der Waals surface area (Å²) in [5, 5.41) is 6.93. The van der Waals surface area contributed by atoms with Crippen LogP contribution in [0.2, 0.25) is 5.02 Å². The van der Waals surface area contributed by atoms with E-state index in [9.17, 15) is 13.2 Å². The highest BCUT2D eigenvalue weighted by Crippen LogP contribution is 2.39. The predicted molar refractivity (Wildman–Crippen MR) is 171 cm³/mol. The Labute approximate surface area is 265 Å². The van der Waals surface area contributed by atoms with Gasteiger partial charge in [0.05, 0.1) is 42.1 Å². The van der Waals surface area contributed by atoms with Crippen LogP contribution in [0, 0.1) is 11.7 Å². The summed E-state index contributed by atoms with van der Waals surface area (Å²) in [6.07, 6.45) is 8.53. The summed E-state index contributed by atoms with van der Waals surface area (Å²) in [7, 11) is -3.37. The molecule has 5 rings (SSSR count). The number of nitrogens with zero attached hydrogens (tertiary/aromatic N) is 2. The van der Waals surface area contributed by atoms with Gasteiger partial charge in [-0.05, 0) is 88.8 Å². The Kier molecular flexibility index (Phi) is 11.0. The summed E-state index contributed by atoms with van der Waals surface area (Å²) < 4.78 is 48.6. The second-order valence-electron chi connectivity index (χ2n) is 12.8. The Morgan fingerprint density at radius 2 is 1.91 bits per heavy atom. The van der Waals surface area contributed by atoms with Crippen LogP contribution in [-0.4, -0.2) is 72.8 Å². The molecule has 5 atom stereocenters. The van der Waals surface area contributed by atoms with Crippen LogP contribution in [0.5, 0.6) is 0 Å². The van der Waals surface area contributed by atoms with E-state index in [1.54, 1.807) is 4.31 Å². The van der Waals surface area contributed by atoms with E-state index >= 15 is 4.39 Å². The molecule has 1 aromatic carbocycles. The summed E-state index contributed by atoms with van der Waals surface area (Å²) in [5.41, 5.74) is 8.22. The van der Waals surface area contributed by atoms with Gasteiger partial charge in [-0.2, -0.15) is 4.31 Å². The number of hydrogen-bond donors (Lipinski definition) is 3. The number of nitrogens with one attached hydrogen (secondary N) is 2. The quantitative estimate of drug-likeness (QED) is 0.343. The smallest absolute Gasteiger partial charge is 0.241 e. The minimum absolute atomic E-state index is 0.131. The number of sulfonamides is 1. The Morgan fingerprint density at radius 3 is 2.61 bits per heavy atom. The number of carbonyl (C=O) groups excluding carboxylic acids is 1. The first-order chi connectivity index (χ1) is 21.0. The average molecular weight is 650 g/mol. The number of rotatable bonds is 10. The Bertz CT molecular complexity index is 1390. The lowest BCUT2D eigenvalue weighted by Gasteiger charge is -2.37. The highest BCUT2D eigenvalue weighted by molar-refractivity contribution is 7.89. The van der Waals surface area contributed by atoms with Gasteiger partial charge in [-0.3, -0.25) is 9.78 Å². The SMILES string of the molecule is CC(C)O[C@H]1CC[C@H]([C@H](c2ccc(Cl)cc2)[C@H](N)C(=O)Nc2cncc(F)c2CCC2CN[C@@H]3CCCS(=O)(=O)N2C3)CC1. The number of halogens is 2. The number of benzene rings is 1. The zero-order valence-electron chi connectivity index (χ0n) is 25.6. The van der Waals surface area contributed by atoms with E-state index < -0.39 is 27.8 Å². The number of carbonyl (C=O) groups is 1. The maximum absolute atomic E-state index is 15.2. The zero-order chi connectivity index (χ0) is 31.4. The third kappa shape index (κ3) is 7.97. The minimum atomic E-state index is -3.37. The van der Waals surface area contributed by atoms with Crippen molar-refractivity contribution in [2.45, 2.75) is 101 Å². The molecular weight excluding hydrogens is 605 g/mol. The number of hydrogen-bond acceptors (Lipinski definition) is 7. The standard InChI is InChI=1S/C32H45ClFN5O4S/c1-20(2)43-26-12-7-22(8-13-26)30(21-5-9-23(33)10-6-21)31(35)32(40)38-29-18-36-17-28(34)27(29)14-11-25-16-37-24-4-3-15-44(41,42)39(25)19-24/h5-6,9-10,17-18,20,22,24-26,30-31,37H,3-4,7-8,11-16,19,35H2,1-2H3,(H,38,40)/t22-,24-,25?,26-,30+,31+/m1/s1. The number of piperazine rings is 1. The van der Waals surface area contributed by atoms with Gasteiger partial charge in [0.25, 0.3) is 0 Å². The van der Waals surface area contributed by atoms with Crippen molar-refractivity contribution in [3.63, 3.8) is 0 Å². The molecule has 44 heavy (non-hydrogen) atoms. The molecule has 0 radical (unpaired) electrons. The second kappa shape index (κ2) is 14.5. The molecule has 3 heterocycles. The van der Waals surface area contributed by atoms with Crippen LogP contribution in [0.15, 0.2) is 36.7 Å². The van der Waals surface area contributed by atoms with Crippen LogP contribution in [0.25, 0.3) is 0 Å². The fraction of sp³-hybridized carbons (Fsp3) is 0.625. The molecule has 2 aromatic rings. The molecule has 12 heteroatoms. The van der Waals surface area contributed by atoms with Crippen molar-refractivity contribution in [3.8, 4) is 0 Å². The number of amides is 1. The molecule has 242 valence electrons. The van der Waals surface area contributed by atoms with Crippen molar-refractivity contribution in [3.05, 3.63) is 58.6 Å². The summed E-state index contributed by atoms with van der Waals surface area (Å²) in [4.78, 5) is 17.7. The van der Waals surface area contributed by atoms with Gasteiger partial charge in [0, 0.05) is 41.7 Å². The first-order valence-corrected chi connectivity index (χ1v) is 17.8. The number of fused-ring (bicyclic) bond motifs is 2. The van der Waals surface area contributed by atoms with Gasteiger partial charge in [-0.15, -0.1) is 0 Å². The fourth-order valence-electron chi connectivity index (χ4n) is 7.18. The molecule has 2 aliphatic heterocycles. The Hall–Kier alpha value is -2.15. The van der Waals surface area contributed by atoms with Gasteiger partial charge < -0.3 is 21.1 Å². The first kappa shape index (κ1) is 33.2. The zero-order valence-corrected chi connectivity index (χ0v) is 27.1. The van der Waals surface area contributed by atoms with Crippen molar-refractivity contribution < 1.29 is 22.3 Å². The number of nitrogens with two attached hydrogens (primary N) is 1. The summed E-state index contributed by atoms with van der Waals surface area (Å²) in [6, 6.07) is 6.41. The maximum atomic E-state index is 15.2. The highest BCUT2D eigenvalue weighted by Gasteiger charge is 2.39. The molecule has 1 aromatic heterocycles. The lowest BCUT2D eigenvalue weighted by atomic mass is 9.72. The van der Waals surface area contributed by atoms with E-state index in [0.29, 0.717) is 36.5 Å². The molecule has 2 saturated heterocycles. The fourth-order valence-corrected chi connectivity index (χ4v) is 9.12. The maximum Gasteiger partial charge on any atom is 0.241 e. The summed E-state index contributed by atoms with van der Waals surface area (Å²) in [6.45, 7) is 5.02. The topological polar surface area (TPSA) is 127 Å². The molecule has 4 N–H and O–H groups in total. The van der Waals surface area contributed by atoms with E-state index in [1.165, 1.54) is 6.20 Å². The van der Waals surface area contributed by atoms with Crippen LogP contribution in [0.3, 0.4) is 0 Å². The largest absolute Gasteiger partial charge is 0.376 e. The Morgan fingerprint density at radius 1 is 1.18 bits per heavy atom. The molecule has 0 spiro atoms. The van der Waals surface area contributed by atoms with Gasteiger partial charge >= 0.3 is 0 Å². The highest BCUT2D eigenvalue weighted by atomic mass is 35.5. The van der Waals surface area contributed by atoms with E-state index in [4.69, 9.17) is 22.1 Å². The van der Waals surface area contributed by atoms with Gasteiger partial charge in [-0.1, -0.05) is 23.7 Å². The Balaban J connectivity index is 1.31. The first-order valence-electron chi connectivity index (χ1n) is 15.8. The molecule has 2 bridgehead atoms. The molecule has 3 fully saturated rings. The van der Waals surface area contributed by atoms with Crippen LogP contribution >= 0.6 is 11.6 Å². The van der Waals surface area contributed by atoms with Gasteiger partial charge in [-0.25, -0.2) is 12.8 Å². The van der Waals surface area contributed by atoms with Crippen LogP contribution < -0.4 is 16.4 Å². The second-order valence-corrected chi connectivity index (χ2v) is 15.3.